The fourth-order valence-electron chi connectivity index (χ4n) is 2.07. The number of nitrogens with one attached hydrogen (secondary N) is 1. The monoisotopic (exact) mass is 236 g/mol. The first kappa shape index (κ1) is 11.8. The molecule has 0 aromatic carbocycles. The van der Waals surface area contributed by atoms with Crippen LogP contribution in [-0.4, -0.2) is 36.1 Å². The van der Waals surface area contributed by atoms with E-state index in [0.29, 0.717) is 6.04 Å². The Bertz CT molecular complexity index is 385. The summed E-state index contributed by atoms with van der Waals surface area (Å²) in [6, 6.07) is 3.80. The number of hydrogen-bond donors (Lipinski definition) is 1. The van der Waals surface area contributed by atoms with Crippen molar-refractivity contribution in [2.75, 3.05) is 25.0 Å². The molecule has 0 radical (unpaired) electrons. The first-order valence-corrected chi connectivity index (χ1v) is 5.73. The third kappa shape index (κ3) is 2.71. The Morgan fingerprint density at radius 3 is 2.65 bits per heavy atom. The van der Waals surface area contributed by atoms with Crippen molar-refractivity contribution >= 4 is 11.5 Å². The molecule has 1 aromatic rings. The van der Waals surface area contributed by atoms with Crippen LogP contribution in [0.15, 0.2) is 18.3 Å². The second-order valence-electron chi connectivity index (χ2n) is 4.18. The van der Waals surface area contributed by atoms with Crippen molar-refractivity contribution in [1.82, 2.24) is 10.3 Å². The molecule has 1 aromatic heterocycles. The predicted octanol–water partition coefficient (Wildman–Crippen LogP) is 1.18. The highest BCUT2D eigenvalue weighted by Crippen LogP contribution is 2.19. The van der Waals surface area contributed by atoms with Crippen LogP contribution >= 0.6 is 0 Å². The third-order valence-corrected chi connectivity index (χ3v) is 3.17. The van der Waals surface area contributed by atoms with Gasteiger partial charge in [-0.1, -0.05) is 0 Å². The van der Waals surface area contributed by atoms with Crippen molar-refractivity contribution < 1.29 is 4.92 Å². The summed E-state index contributed by atoms with van der Waals surface area (Å²) in [5.41, 5.74) is 0.0406. The van der Waals surface area contributed by atoms with Gasteiger partial charge in [0.15, 0.2) is 0 Å². The summed E-state index contributed by atoms with van der Waals surface area (Å²) in [6.07, 6.45) is 3.48. The standard InChI is InChI=1S/C11H16N4O2/c1-12-9-4-6-14(7-5-9)11-3-2-10(8-13-11)15(16)17/h2-3,8-9,12H,4-7H2,1H3. The van der Waals surface area contributed by atoms with Crippen molar-refractivity contribution in [3.63, 3.8) is 0 Å². The maximum atomic E-state index is 10.5. The van der Waals surface area contributed by atoms with Crippen LogP contribution in [0.2, 0.25) is 0 Å². The number of piperidine rings is 1. The molecule has 1 aliphatic rings. The van der Waals surface area contributed by atoms with Gasteiger partial charge >= 0.3 is 0 Å². The summed E-state index contributed by atoms with van der Waals surface area (Å²) in [5, 5.41) is 13.8. The van der Waals surface area contributed by atoms with Gasteiger partial charge in [0, 0.05) is 25.2 Å². The normalized spacial score (nSPS) is 17.1. The fraction of sp³-hybridized carbons (Fsp3) is 0.545. The minimum atomic E-state index is -0.427. The minimum absolute atomic E-state index is 0.0406. The molecule has 92 valence electrons. The van der Waals surface area contributed by atoms with Crippen LogP contribution in [0.25, 0.3) is 0 Å². The molecule has 1 saturated heterocycles. The lowest BCUT2D eigenvalue weighted by molar-refractivity contribution is -0.385. The highest BCUT2D eigenvalue weighted by Gasteiger charge is 2.19. The summed E-state index contributed by atoms with van der Waals surface area (Å²) in [5.74, 6) is 0.824. The van der Waals surface area contributed by atoms with Crippen LogP contribution in [0, 0.1) is 10.1 Å². The highest BCUT2D eigenvalue weighted by atomic mass is 16.6. The number of nitro groups is 1. The predicted molar refractivity (Wildman–Crippen MR) is 65.2 cm³/mol. The second kappa shape index (κ2) is 5.09. The van der Waals surface area contributed by atoms with Gasteiger partial charge in [0.05, 0.1) is 4.92 Å². The Hall–Kier alpha value is -1.69. The third-order valence-electron chi connectivity index (χ3n) is 3.17. The number of anilines is 1. The van der Waals surface area contributed by atoms with E-state index >= 15 is 0 Å². The Morgan fingerprint density at radius 1 is 1.47 bits per heavy atom. The quantitative estimate of drug-likeness (QED) is 0.630. The molecule has 2 rings (SSSR count). The first-order chi connectivity index (χ1) is 8.20. The highest BCUT2D eigenvalue weighted by molar-refractivity contribution is 5.43. The van der Waals surface area contributed by atoms with E-state index < -0.39 is 4.92 Å². The maximum Gasteiger partial charge on any atom is 0.287 e. The molecular weight excluding hydrogens is 220 g/mol. The average Bonchev–Trinajstić information content (AvgIpc) is 2.39. The van der Waals surface area contributed by atoms with Gasteiger partial charge in [0.1, 0.15) is 12.0 Å². The number of hydrogen-bond acceptors (Lipinski definition) is 5. The molecule has 0 spiro atoms. The molecule has 6 nitrogen and oxygen atoms in total. The van der Waals surface area contributed by atoms with Crippen molar-refractivity contribution in [2.24, 2.45) is 0 Å². The fourth-order valence-corrected chi connectivity index (χ4v) is 2.07. The van der Waals surface area contributed by atoms with Crippen LogP contribution in [0.3, 0.4) is 0 Å². The van der Waals surface area contributed by atoms with Gasteiger partial charge < -0.3 is 10.2 Å². The molecule has 17 heavy (non-hydrogen) atoms. The van der Waals surface area contributed by atoms with Gasteiger partial charge in [-0.2, -0.15) is 0 Å². The van der Waals surface area contributed by atoms with Crippen molar-refractivity contribution in [1.29, 1.82) is 0 Å². The van der Waals surface area contributed by atoms with Crippen LogP contribution in [0.1, 0.15) is 12.8 Å². The van der Waals surface area contributed by atoms with E-state index in [9.17, 15) is 10.1 Å². The Kier molecular flexibility index (Phi) is 3.53. The van der Waals surface area contributed by atoms with Gasteiger partial charge in [-0.15, -0.1) is 0 Å². The zero-order valence-electron chi connectivity index (χ0n) is 9.80. The smallest absolute Gasteiger partial charge is 0.287 e. The molecule has 1 N–H and O–H groups in total. The summed E-state index contributed by atoms with van der Waals surface area (Å²) in [6.45, 7) is 1.88. The van der Waals surface area contributed by atoms with E-state index in [0.717, 1.165) is 31.7 Å². The Balaban J connectivity index is 2.01. The summed E-state index contributed by atoms with van der Waals surface area (Å²) >= 11 is 0. The molecule has 2 heterocycles. The van der Waals surface area contributed by atoms with Crippen LogP contribution in [0.4, 0.5) is 11.5 Å². The SMILES string of the molecule is CNC1CCN(c2ccc([N+](=O)[O-])cn2)CC1. The van der Waals surface area contributed by atoms with Crippen LogP contribution in [0.5, 0.6) is 0 Å². The molecule has 1 aliphatic heterocycles. The van der Waals surface area contributed by atoms with Gasteiger partial charge in [0.25, 0.3) is 5.69 Å². The Labute approximate surface area is 99.8 Å². The number of nitrogens with zero attached hydrogens (tertiary/aromatic N) is 3. The number of pyridine rings is 1. The van der Waals surface area contributed by atoms with E-state index in [2.05, 4.69) is 15.2 Å². The molecule has 0 atom stereocenters. The zero-order chi connectivity index (χ0) is 12.3. The molecule has 0 amide bonds. The molecule has 0 bridgehead atoms. The average molecular weight is 236 g/mol. The van der Waals surface area contributed by atoms with E-state index in [1.54, 1.807) is 6.07 Å². The van der Waals surface area contributed by atoms with E-state index in [1.165, 1.54) is 12.3 Å². The second-order valence-corrected chi connectivity index (χ2v) is 4.18. The van der Waals surface area contributed by atoms with E-state index in [-0.39, 0.29) is 5.69 Å². The molecule has 6 heteroatoms. The lowest BCUT2D eigenvalue weighted by Crippen LogP contribution is -2.41. The summed E-state index contributed by atoms with van der Waals surface area (Å²) in [7, 11) is 1.98. The molecular formula is C11H16N4O2. The largest absolute Gasteiger partial charge is 0.356 e. The summed E-state index contributed by atoms with van der Waals surface area (Å²) < 4.78 is 0. The number of rotatable bonds is 3. The molecule has 0 saturated carbocycles. The van der Waals surface area contributed by atoms with E-state index in [1.807, 2.05) is 7.05 Å². The topological polar surface area (TPSA) is 71.3 Å². The van der Waals surface area contributed by atoms with Crippen LogP contribution in [-0.2, 0) is 0 Å². The Morgan fingerprint density at radius 2 is 2.18 bits per heavy atom. The van der Waals surface area contributed by atoms with Gasteiger partial charge in [0.2, 0.25) is 0 Å². The molecule has 0 aliphatic carbocycles. The summed E-state index contributed by atoms with van der Waals surface area (Å²) in [4.78, 5) is 16.4. The van der Waals surface area contributed by atoms with Gasteiger partial charge in [-0.3, -0.25) is 10.1 Å². The van der Waals surface area contributed by atoms with Crippen LogP contribution < -0.4 is 10.2 Å². The van der Waals surface area contributed by atoms with Crippen molar-refractivity contribution in [2.45, 2.75) is 18.9 Å². The van der Waals surface area contributed by atoms with E-state index in [4.69, 9.17) is 0 Å². The lowest BCUT2D eigenvalue weighted by atomic mass is 10.1. The van der Waals surface area contributed by atoms with Crippen molar-refractivity contribution in [3.05, 3.63) is 28.4 Å². The number of aromatic nitrogens is 1. The lowest BCUT2D eigenvalue weighted by Gasteiger charge is -2.32. The molecule has 1 fully saturated rings. The van der Waals surface area contributed by atoms with Gasteiger partial charge in [-0.05, 0) is 26.0 Å². The van der Waals surface area contributed by atoms with Gasteiger partial charge in [-0.25, -0.2) is 4.98 Å². The first-order valence-electron chi connectivity index (χ1n) is 5.73. The zero-order valence-corrected chi connectivity index (χ0v) is 9.80. The molecule has 0 unspecified atom stereocenters. The minimum Gasteiger partial charge on any atom is -0.356 e. The maximum absolute atomic E-state index is 10.5. The van der Waals surface area contributed by atoms with Crippen molar-refractivity contribution in [3.8, 4) is 0 Å².